The summed E-state index contributed by atoms with van der Waals surface area (Å²) in [6.07, 6.45) is -7.65. The Hall–Kier alpha value is -1.43. The van der Waals surface area contributed by atoms with Crippen LogP contribution in [0.15, 0.2) is 24.3 Å². The number of aliphatic hydroxyl groups is 1. The van der Waals surface area contributed by atoms with E-state index in [0.717, 1.165) is 0 Å². The van der Waals surface area contributed by atoms with Gasteiger partial charge in [-0.15, -0.1) is 0 Å². The molecule has 2 unspecified atom stereocenters. The Kier molecular flexibility index (Phi) is 3.65. The molecule has 1 aliphatic heterocycles. The number of benzene rings is 1. The average molecular weight is 262 g/mol. The van der Waals surface area contributed by atoms with Crippen molar-refractivity contribution in [1.82, 2.24) is 0 Å². The fourth-order valence-corrected chi connectivity index (χ4v) is 1.72. The number of alkyl halides is 3. The zero-order valence-corrected chi connectivity index (χ0v) is 9.48. The minimum Gasteiger partial charge on any atom is -0.486 e. The second kappa shape index (κ2) is 5.06. The summed E-state index contributed by atoms with van der Waals surface area (Å²) >= 11 is 0. The smallest absolute Gasteiger partial charge is 0.389 e. The number of halogens is 3. The van der Waals surface area contributed by atoms with E-state index < -0.39 is 24.8 Å². The van der Waals surface area contributed by atoms with Crippen LogP contribution in [0.5, 0.6) is 11.5 Å². The SMILES string of the molecule is OC(CCC(F)(F)F)C1COc2ccccc2O1. The predicted octanol–water partition coefficient (Wildman–Crippen LogP) is 2.53. The largest absolute Gasteiger partial charge is 0.486 e. The average Bonchev–Trinajstić information content (AvgIpc) is 2.34. The maximum Gasteiger partial charge on any atom is 0.389 e. The Morgan fingerprint density at radius 3 is 2.61 bits per heavy atom. The van der Waals surface area contributed by atoms with Gasteiger partial charge in [-0.1, -0.05) is 12.1 Å². The monoisotopic (exact) mass is 262 g/mol. The van der Waals surface area contributed by atoms with Gasteiger partial charge in [0.05, 0.1) is 6.10 Å². The van der Waals surface area contributed by atoms with Crippen molar-refractivity contribution in [3.05, 3.63) is 24.3 Å². The quantitative estimate of drug-likeness (QED) is 0.909. The number of rotatable bonds is 3. The van der Waals surface area contributed by atoms with Crippen molar-refractivity contribution in [2.45, 2.75) is 31.2 Å². The number of para-hydroxylation sites is 2. The van der Waals surface area contributed by atoms with Crippen molar-refractivity contribution < 1.29 is 27.8 Å². The zero-order chi connectivity index (χ0) is 13.2. The summed E-state index contributed by atoms with van der Waals surface area (Å²) in [7, 11) is 0. The van der Waals surface area contributed by atoms with Crippen LogP contribution in [0.3, 0.4) is 0 Å². The fourth-order valence-electron chi connectivity index (χ4n) is 1.72. The first kappa shape index (κ1) is 13.0. The molecule has 6 heteroatoms. The Balaban J connectivity index is 1.92. The van der Waals surface area contributed by atoms with Gasteiger partial charge in [-0.2, -0.15) is 13.2 Å². The van der Waals surface area contributed by atoms with Crippen molar-refractivity contribution in [3.8, 4) is 11.5 Å². The standard InChI is InChI=1S/C12H13F3O3/c13-12(14,15)6-5-8(16)11-7-17-9-3-1-2-4-10(9)18-11/h1-4,8,11,16H,5-7H2. The maximum atomic E-state index is 12.0. The van der Waals surface area contributed by atoms with E-state index in [0.29, 0.717) is 11.5 Å². The third-order valence-corrected chi connectivity index (χ3v) is 2.68. The van der Waals surface area contributed by atoms with E-state index in [1.807, 2.05) is 0 Å². The zero-order valence-electron chi connectivity index (χ0n) is 9.48. The van der Waals surface area contributed by atoms with E-state index in [9.17, 15) is 18.3 Å². The van der Waals surface area contributed by atoms with Crippen molar-refractivity contribution >= 4 is 0 Å². The molecule has 2 atom stereocenters. The van der Waals surface area contributed by atoms with Crippen molar-refractivity contribution in [3.63, 3.8) is 0 Å². The van der Waals surface area contributed by atoms with Crippen LogP contribution in [0.25, 0.3) is 0 Å². The molecule has 0 saturated carbocycles. The van der Waals surface area contributed by atoms with E-state index in [1.54, 1.807) is 24.3 Å². The van der Waals surface area contributed by atoms with Gasteiger partial charge >= 0.3 is 6.18 Å². The van der Waals surface area contributed by atoms with E-state index in [2.05, 4.69) is 0 Å². The molecule has 1 heterocycles. The molecule has 0 radical (unpaired) electrons. The summed E-state index contributed by atoms with van der Waals surface area (Å²) in [4.78, 5) is 0. The number of fused-ring (bicyclic) bond motifs is 1. The number of hydrogen-bond donors (Lipinski definition) is 1. The maximum absolute atomic E-state index is 12.0. The lowest BCUT2D eigenvalue weighted by molar-refractivity contribution is -0.144. The summed E-state index contributed by atoms with van der Waals surface area (Å²) in [5, 5.41) is 9.66. The van der Waals surface area contributed by atoms with E-state index in [4.69, 9.17) is 9.47 Å². The summed E-state index contributed by atoms with van der Waals surface area (Å²) in [5.41, 5.74) is 0. The summed E-state index contributed by atoms with van der Waals surface area (Å²) in [6, 6.07) is 6.85. The molecular formula is C12H13F3O3. The summed E-state index contributed by atoms with van der Waals surface area (Å²) < 4.78 is 46.9. The van der Waals surface area contributed by atoms with Gasteiger partial charge in [-0.25, -0.2) is 0 Å². The van der Waals surface area contributed by atoms with Crippen LogP contribution in [0, 0.1) is 0 Å². The molecule has 0 aromatic heterocycles. The van der Waals surface area contributed by atoms with Crippen LogP contribution in [-0.4, -0.2) is 30.1 Å². The van der Waals surface area contributed by atoms with Crippen molar-refractivity contribution in [1.29, 1.82) is 0 Å². The van der Waals surface area contributed by atoms with Crippen LogP contribution in [0.2, 0.25) is 0 Å². The van der Waals surface area contributed by atoms with Gasteiger partial charge in [0.2, 0.25) is 0 Å². The minimum absolute atomic E-state index is 0.0516. The molecule has 0 fully saturated rings. The van der Waals surface area contributed by atoms with E-state index in [1.165, 1.54) is 0 Å². The van der Waals surface area contributed by atoms with Gasteiger partial charge in [-0.3, -0.25) is 0 Å². The number of ether oxygens (including phenoxy) is 2. The van der Waals surface area contributed by atoms with E-state index in [-0.39, 0.29) is 13.0 Å². The van der Waals surface area contributed by atoms with Crippen molar-refractivity contribution in [2.75, 3.05) is 6.61 Å². The Morgan fingerprint density at radius 2 is 1.94 bits per heavy atom. The molecule has 1 N–H and O–H groups in total. The minimum atomic E-state index is -4.27. The van der Waals surface area contributed by atoms with E-state index >= 15 is 0 Å². The second-order valence-electron chi connectivity index (χ2n) is 4.14. The third kappa shape index (κ3) is 3.29. The molecule has 0 amide bonds. The second-order valence-corrected chi connectivity index (χ2v) is 4.14. The van der Waals surface area contributed by atoms with Crippen LogP contribution in [-0.2, 0) is 0 Å². The molecule has 0 bridgehead atoms. The van der Waals surface area contributed by atoms with Gasteiger partial charge in [-0.05, 0) is 18.6 Å². The lowest BCUT2D eigenvalue weighted by Gasteiger charge is -2.29. The van der Waals surface area contributed by atoms with Gasteiger partial charge in [0, 0.05) is 6.42 Å². The summed E-state index contributed by atoms with van der Waals surface area (Å²) in [5.74, 6) is 0.983. The first-order valence-corrected chi connectivity index (χ1v) is 5.59. The van der Waals surface area contributed by atoms with Crippen LogP contribution < -0.4 is 9.47 Å². The molecule has 100 valence electrons. The van der Waals surface area contributed by atoms with Crippen LogP contribution >= 0.6 is 0 Å². The summed E-state index contributed by atoms with van der Waals surface area (Å²) in [6.45, 7) is 0.0516. The molecule has 18 heavy (non-hydrogen) atoms. The molecule has 3 nitrogen and oxygen atoms in total. The van der Waals surface area contributed by atoms with Crippen molar-refractivity contribution in [2.24, 2.45) is 0 Å². The molecule has 2 rings (SSSR count). The van der Waals surface area contributed by atoms with Gasteiger partial charge in [0.25, 0.3) is 0 Å². The predicted molar refractivity (Wildman–Crippen MR) is 57.6 cm³/mol. The van der Waals surface area contributed by atoms with Gasteiger partial charge < -0.3 is 14.6 Å². The fraction of sp³-hybridized carbons (Fsp3) is 0.500. The highest BCUT2D eigenvalue weighted by Crippen LogP contribution is 2.32. The molecule has 0 spiro atoms. The molecule has 1 aliphatic rings. The van der Waals surface area contributed by atoms with Gasteiger partial charge in [0.1, 0.15) is 6.61 Å². The topological polar surface area (TPSA) is 38.7 Å². The molecule has 0 aliphatic carbocycles. The number of aliphatic hydroxyl groups excluding tert-OH is 1. The Labute approximate surface area is 102 Å². The normalized spacial score (nSPS) is 20.6. The first-order chi connectivity index (χ1) is 8.46. The van der Waals surface area contributed by atoms with Gasteiger partial charge in [0.15, 0.2) is 17.6 Å². The molecule has 1 aromatic carbocycles. The lowest BCUT2D eigenvalue weighted by atomic mass is 10.1. The molecule has 1 aromatic rings. The van der Waals surface area contributed by atoms with Crippen LogP contribution in [0.4, 0.5) is 13.2 Å². The highest BCUT2D eigenvalue weighted by atomic mass is 19.4. The highest BCUT2D eigenvalue weighted by molar-refractivity contribution is 5.40. The first-order valence-electron chi connectivity index (χ1n) is 5.59. The number of hydrogen-bond acceptors (Lipinski definition) is 3. The van der Waals surface area contributed by atoms with Crippen LogP contribution in [0.1, 0.15) is 12.8 Å². The molecule has 0 saturated heterocycles. The Bertz CT molecular complexity index is 406. The highest BCUT2D eigenvalue weighted by Gasteiger charge is 2.32. The Morgan fingerprint density at radius 1 is 1.28 bits per heavy atom. The third-order valence-electron chi connectivity index (χ3n) is 2.68. The lowest BCUT2D eigenvalue weighted by Crippen LogP contribution is -2.40. The molecular weight excluding hydrogens is 249 g/mol.